The Bertz CT molecular complexity index is 833. The number of hydrogen-bond acceptors (Lipinski definition) is 5. The first kappa shape index (κ1) is 19.9. The number of amides is 1. The second-order valence-corrected chi connectivity index (χ2v) is 7.32. The standard InChI is InChI=1S/C21H26N4O3/c1-16-15-17(6-7-20(16)25(27)28)21(26)23(2)19-9-13-24(14-10-19)12-8-18-5-3-4-11-22-18/h3-7,11,15,19H,8-10,12-14H2,1-2H3. The Kier molecular flexibility index (Phi) is 6.36. The highest BCUT2D eigenvalue weighted by Crippen LogP contribution is 2.22. The third-order valence-corrected chi connectivity index (χ3v) is 5.48. The van der Waals surface area contributed by atoms with Crippen LogP contribution in [0.3, 0.4) is 0 Å². The van der Waals surface area contributed by atoms with Crippen molar-refractivity contribution in [2.24, 2.45) is 0 Å². The maximum atomic E-state index is 12.8. The monoisotopic (exact) mass is 382 g/mol. The molecule has 7 heteroatoms. The molecule has 0 bridgehead atoms. The first-order valence-electron chi connectivity index (χ1n) is 9.60. The lowest BCUT2D eigenvalue weighted by molar-refractivity contribution is -0.385. The topological polar surface area (TPSA) is 79.6 Å². The summed E-state index contributed by atoms with van der Waals surface area (Å²) in [6.45, 7) is 4.54. The van der Waals surface area contributed by atoms with Crippen LogP contribution in [0, 0.1) is 17.0 Å². The SMILES string of the molecule is Cc1cc(C(=O)N(C)C2CCN(CCc3ccccn3)CC2)ccc1[N+](=O)[O-]. The van der Waals surface area contributed by atoms with E-state index < -0.39 is 4.92 Å². The van der Waals surface area contributed by atoms with Gasteiger partial charge in [0.15, 0.2) is 0 Å². The molecule has 2 aromatic rings. The van der Waals surface area contributed by atoms with Crippen LogP contribution >= 0.6 is 0 Å². The molecule has 1 fully saturated rings. The molecule has 0 radical (unpaired) electrons. The maximum Gasteiger partial charge on any atom is 0.272 e. The second-order valence-electron chi connectivity index (χ2n) is 7.32. The van der Waals surface area contributed by atoms with Gasteiger partial charge in [-0.3, -0.25) is 19.9 Å². The van der Waals surface area contributed by atoms with Crippen LogP contribution in [0.4, 0.5) is 5.69 Å². The molecule has 1 aliphatic heterocycles. The summed E-state index contributed by atoms with van der Waals surface area (Å²) in [5, 5.41) is 11.0. The van der Waals surface area contributed by atoms with Gasteiger partial charge in [-0.2, -0.15) is 0 Å². The Morgan fingerprint density at radius 1 is 1.29 bits per heavy atom. The summed E-state index contributed by atoms with van der Waals surface area (Å²) < 4.78 is 0. The Morgan fingerprint density at radius 2 is 2.04 bits per heavy atom. The summed E-state index contributed by atoms with van der Waals surface area (Å²) in [6, 6.07) is 10.7. The summed E-state index contributed by atoms with van der Waals surface area (Å²) in [5.41, 5.74) is 2.16. The van der Waals surface area contributed by atoms with Crippen LogP contribution in [0.1, 0.15) is 34.5 Å². The Labute approximate surface area is 165 Å². The van der Waals surface area contributed by atoms with E-state index in [-0.39, 0.29) is 17.6 Å². The van der Waals surface area contributed by atoms with E-state index in [0.29, 0.717) is 11.1 Å². The number of piperidine rings is 1. The van der Waals surface area contributed by atoms with Gasteiger partial charge in [0.25, 0.3) is 11.6 Å². The molecular weight excluding hydrogens is 356 g/mol. The molecule has 0 N–H and O–H groups in total. The first-order chi connectivity index (χ1) is 13.5. The Morgan fingerprint density at radius 3 is 2.64 bits per heavy atom. The van der Waals surface area contributed by atoms with E-state index in [1.165, 1.54) is 6.07 Å². The number of rotatable bonds is 6. The van der Waals surface area contributed by atoms with E-state index >= 15 is 0 Å². The average Bonchev–Trinajstić information content (AvgIpc) is 2.72. The number of nitro groups is 1. The number of hydrogen-bond donors (Lipinski definition) is 0. The highest BCUT2D eigenvalue weighted by atomic mass is 16.6. The van der Waals surface area contributed by atoms with Crippen LogP contribution in [0.15, 0.2) is 42.6 Å². The highest BCUT2D eigenvalue weighted by Gasteiger charge is 2.26. The zero-order valence-electron chi connectivity index (χ0n) is 16.4. The second kappa shape index (κ2) is 8.93. The molecule has 148 valence electrons. The van der Waals surface area contributed by atoms with Crippen LogP contribution in [0.5, 0.6) is 0 Å². The molecule has 1 amide bonds. The molecular formula is C21H26N4O3. The lowest BCUT2D eigenvalue weighted by atomic mass is 10.0. The van der Waals surface area contributed by atoms with Crippen molar-refractivity contribution in [2.75, 3.05) is 26.7 Å². The number of carbonyl (C=O) groups is 1. The van der Waals surface area contributed by atoms with Crippen molar-refractivity contribution >= 4 is 11.6 Å². The molecule has 0 atom stereocenters. The predicted octanol–water partition coefficient (Wildman–Crippen LogP) is 3.08. The number of carbonyl (C=O) groups excluding carboxylic acids is 1. The quantitative estimate of drug-likeness (QED) is 0.567. The minimum absolute atomic E-state index is 0.0421. The predicted molar refractivity (Wildman–Crippen MR) is 107 cm³/mol. The molecule has 3 rings (SSSR count). The minimum Gasteiger partial charge on any atom is -0.339 e. The fraction of sp³-hybridized carbons (Fsp3) is 0.429. The molecule has 1 aromatic carbocycles. The number of aryl methyl sites for hydroxylation is 1. The number of benzene rings is 1. The third kappa shape index (κ3) is 4.72. The number of aromatic nitrogens is 1. The Balaban J connectivity index is 1.53. The van der Waals surface area contributed by atoms with E-state index in [4.69, 9.17) is 0 Å². The molecule has 1 aromatic heterocycles. The van der Waals surface area contributed by atoms with Gasteiger partial charge < -0.3 is 9.80 Å². The normalized spacial score (nSPS) is 15.4. The molecule has 0 spiro atoms. The van der Waals surface area contributed by atoms with E-state index in [1.54, 1.807) is 24.0 Å². The van der Waals surface area contributed by atoms with Gasteiger partial charge in [-0.15, -0.1) is 0 Å². The van der Waals surface area contributed by atoms with Gasteiger partial charge in [0.2, 0.25) is 0 Å². The van der Waals surface area contributed by atoms with E-state index in [9.17, 15) is 14.9 Å². The molecule has 2 heterocycles. The van der Waals surface area contributed by atoms with Gasteiger partial charge in [0.1, 0.15) is 0 Å². The van der Waals surface area contributed by atoms with E-state index in [0.717, 1.165) is 44.6 Å². The van der Waals surface area contributed by atoms with Gasteiger partial charge in [-0.25, -0.2) is 0 Å². The summed E-state index contributed by atoms with van der Waals surface area (Å²) in [6.07, 6.45) is 4.61. The van der Waals surface area contributed by atoms with Crippen molar-refractivity contribution in [2.45, 2.75) is 32.2 Å². The summed E-state index contributed by atoms with van der Waals surface area (Å²) >= 11 is 0. The zero-order chi connectivity index (χ0) is 20.1. The lowest BCUT2D eigenvalue weighted by Gasteiger charge is -2.36. The fourth-order valence-corrected chi connectivity index (χ4v) is 3.71. The number of likely N-dealkylation sites (tertiary alicyclic amines) is 1. The fourth-order valence-electron chi connectivity index (χ4n) is 3.71. The molecule has 7 nitrogen and oxygen atoms in total. The molecule has 28 heavy (non-hydrogen) atoms. The summed E-state index contributed by atoms with van der Waals surface area (Å²) in [5.74, 6) is -0.0788. The highest BCUT2D eigenvalue weighted by molar-refractivity contribution is 5.94. The zero-order valence-corrected chi connectivity index (χ0v) is 16.4. The van der Waals surface area contributed by atoms with Crippen LogP contribution in [-0.4, -0.2) is 58.3 Å². The molecule has 1 saturated heterocycles. The molecule has 0 saturated carbocycles. The number of pyridine rings is 1. The summed E-state index contributed by atoms with van der Waals surface area (Å²) in [7, 11) is 1.83. The van der Waals surface area contributed by atoms with Crippen molar-refractivity contribution in [3.8, 4) is 0 Å². The van der Waals surface area contributed by atoms with Gasteiger partial charge >= 0.3 is 0 Å². The van der Waals surface area contributed by atoms with E-state index in [1.807, 2.05) is 31.4 Å². The molecule has 1 aliphatic rings. The number of nitrogens with zero attached hydrogens (tertiary/aromatic N) is 4. The van der Waals surface area contributed by atoms with Crippen molar-refractivity contribution in [1.29, 1.82) is 0 Å². The number of nitro benzene ring substituents is 1. The smallest absolute Gasteiger partial charge is 0.272 e. The largest absolute Gasteiger partial charge is 0.339 e. The Hall–Kier alpha value is -2.80. The van der Waals surface area contributed by atoms with Crippen LogP contribution < -0.4 is 0 Å². The van der Waals surface area contributed by atoms with Crippen molar-refractivity contribution in [3.05, 3.63) is 69.5 Å². The first-order valence-corrected chi connectivity index (χ1v) is 9.60. The van der Waals surface area contributed by atoms with Crippen molar-refractivity contribution < 1.29 is 9.72 Å². The maximum absolute atomic E-state index is 12.8. The van der Waals surface area contributed by atoms with Gasteiger partial charge in [-0.1, -0.05) is 6.07 Å². The van der Waals surface area contributed by atoms with E-state index in [2.05, 4.69) is 9.88 Å². The van der Waals surface area contributed by atoms with Crippen molar-refractivity contribution in [3.63, 3.8) is 0 Å². The molecule has 0 unspecified atom stereocenters. The van der Waals surface area contributed by atoms with Crippen LogP contribution in [-0.2, 0) is 6.42 Å². The van der Waals surface area contributed by atoms with Crippen LogP contribution in [0.25, 0.3) is 0 Å². The minimum atomic E-state index is -0.423. The van der Waals surface area contributed by atoms with Crippen molar-refractivity contribution in [1.82, 2.24) is 14.8 Å². The summed E-state index contributed by atoms with van der Waals surface area (Å²) in [4.78, 5) is 31.9. The third-order valence-electron chi connectivity index (χ3n) is 5.48. The molecule has 0 aliphatic carbocycles. The van der Waals surface area contributed by atoms with Gasteiger partial charge in [-0.05, 0) is 44.0 Å². The van der Waals surface area contributed by atoms with Gasteiger partial charge in [0.05, 0.1) is 4.92 Å². The lowest BCUT2D eigenvalue weighted by Crippen LogP contribution is -2.46. The van der Waals surface area contributed by atoms with Gasteiger partial charge in [0, 0.05) is 68.2 Å². The van der Waals surface area contributed by atoms with Crippen LogP contribution in [0.2, 0.25) is 0 Å². The average molecular weight is 382 g/mol.